The Morgan fingerprint density at radius 3 is 2.18 bits per heavy atom. The lowest BCUT2D eigenvalue weighted by atomic mass is 10.2. The fourth-order valence-corrected chi connectivity index (χ4v) is 2.99. The van der Waals surface area contributed by atoms with Gasteiger partial charge in [-0.3, -0.25) is 0 Å². The number of methoxy groups -OCH3 is 2. The average molecular weight is 466 g/mol. The summed E-state index contributed by atoms with van der Waals surface area (Å²) >= 11 is 0. The van der Waals surface area contributed by atoms with Gasteiger partial charge in [-0.05, 0) is 25.1 Å². The van der Waals surface area contributed by atoms with Gasteiger partial charge in [0.15, 0.2) is 11.5 Å². The maximum Gasteiger partial charge on any atom is 0.433 e. The van der Waals surface area contributed by atoms with E-state index in [2.05, 4.69) is 20.3 Å². The summed E-state index contributed by atoms with van der Waals surface area (Å²) in [5.74, 6) is 1.87. The number of halogens is 3. The van der Waals surface area contributed by atoms with Gasteiger partial charge in [-0.2, -0.15) is 13.2 Å². The molecule has 3 rings (SSSR count). The number of hydrogen-bond donors (Lipinski definition) is 1. The highest BCUT2D eigenvalue weighted by Crippen LogP contribution is 2.35. The summed E-state index contributed by atoms with van der Waals surface area (Å²) in [6, 6.07) is 7.23. The number of alkyl halides is 3. The first kappa shape index (κ1) is 24.5. The van der Waals surface area contributed by atoms with E-state index in [0.717, 1.165) is 6.07 Å². The Balaban J connectivity index is 1.91. The van der Waals surface area contributed by atoms with Gasteiger partial charge in [-0.1, -0.05) is 6.07 Å². The largest absolute Gasteiger partial charge is 0.487 e. The molecule has 0 radical (unpaired) electrons. The van der Waals surface area contributed by atoms with Gasteiger partial charge in [0, 0.05) is 25.7 Å². The Hall–Kier alpha value is -3.18. The second-order valence-electron chi connectivity index (χ2n) is 6.98. The molecule has 8 nitrogen and oxygen atoms in total. The van der Waals surface area contributed by atoms with Crippen LogP contribution in [0.5, 0.6) is 11.5 Å². The number of fused-ring (bicyclic) bond motifs is 1. The molecule has 2 aromatic heterocycles. The molecule has 0 aliphatic heterocycles. The fraction of sp³-hybridized carbons (Fsp3) is 0.409. The van der Waals surface area contributed by atoms with Gasteiger partial charge >= 0.3 is 6.18 Å². The van der Waals surface area contributed by atoms with Crippen molar-refractivity contribution in [2.45, 2.75) is 19.6 Å². The Labute approximate surface area is 189 Å². The van der Waals surface area contributed by atoms with Gasteiger partial charge in [0.1, 0.15) is 30.5 Å². The second-order valence-corrected chi connectivity index (χ2v) is 6.98. The predicted octanol–water partition coefficient (Wildman–Crippen LogP) is 4.01. The minimum atomic E-state index is -4.51. The quantitative estimate of drug-likeness (QED) is 0.424. The molecule has 0 fully saturated rings. The number of hydrogen-bond acceptors (Lipinski definition) is 8. The third-order valence-electron chi connectivity index (χ3n) is 4.50. The summed E-state index contributed by atoms with van der Waals surface area (Å²) in [4.78, 5) is 12.6. The zero-order chi connectivity index (χ0) is 23.8. The number of nitrogens with one attached hydrogen (secondary N) is 1. The van der Waals surface area contributed by atoms with Crippen LogP contribution in [0, 0.1) is 6.92 Å². The lowest BCUT2D eigenvalue weighted by Gasteiger charge is -2.16. The van der Waals surface area contributed by atoms with Crippen molar-refractivity contribution < 1.29 is 32.1 Å². The lowest BCUT2D eigenvalue weighted by Crippen LogP contribution is -2.12. The van der Waals surface area contributed by atoms with Crippen molar-refractivity contribution in [1.82, 2.24) is 15.0 Å². The van der Waals surface area contributed by atoms with Crippen molar-refractivity contribution in [2.75, 3.05) is 46.0 Å². The second kappa shape index (κ2) is 11.1. The molecule has 0 saturated carbocycles. The topological polar surface area (TPSA) is 87.6 Å². The molecule has 2 heterocycles. The van der Waals surface area contributed by atoms with Gasteiger partial charge in [-0.15, -0.1) is 0 Å². The van der Waals surface area contributed by atoms with Gasteiger partial charge in [-0.25, -0.2) is 15.0 Å². The zero-order valence-corrected chi connectivity index (χ0v) is 18.5. The van der Waals surface area contributed by atoms with Crippen molar-refractivity contribution in [3.63, 3.8) is 0 Å². The van der Waals surface area contributed by atoms with E-state index >= 15 is 0 Å². The Bertz CT molecular complexity index is 1080. The van der Waals surface area contributed by atoms with Gasteiger partial charge < -0.3 is 24.3 Å². The molecule has 0 saturated heterocycles. The molecule has 0 bridgehead atoms. The molecule has 0 spiro atoms. The van der Waals surface area contributed by atoms with Crippen molar-refractivity contribution >= 4 is 16.7 Å². The van der Waals surface area contributed by atoms with Gasteiger partial charge in [0.2, 0.25) is 0 Å². The zero-order valence-electron chi connectivity index (χ0n) is 18.5. The predicted molar refractivity (Wildman–Crippen MR) is 116 cm³/mol. The van der Waals surface area contributed by atoms with E-state index in [1.165, 1.54) is 12.1 Å². The highest BCUT2D eigenvalue weighted by Gasteiger charge is 2.32. The smallest absolute Gasteiger partial charge is 0.433 e. The first-order valence-electron chi connectivity index (χ1n) is 10.1. The standard InChI is InChI=1S/C22H25F3N4O4/c1-14-27-17-12-19(33-10-8-31-3)18(32-9-7-30-2)11-16(17)21(28-14)26-13-15-5-4-6-20(29-15)22(23,24)25/h4-6,11-12H,7-10,13H2,1-3H3,(H,26,27,28). The van der Waals surface area contributed by atoms with Crippen molar-refractivity contribution in [1.29, 1.82) is 0 Å². The van der Waals surface area contributed by atoms with Crippen LogP contribution in [0.25, 0.3) is 10.9 Å². The maximum atomic E-state index is 13.0. The summed E-state index contributed by atoms with van der Waals surface area (Å²) in [6.45, 7) is 3.16. The third-order valence-corrected chi connectivity index (χ3v) is 4.50. The van der Waals surface area contributed by atoms with Gasteiger partial charge in [0.05, 0.1) is 31.0 Å². The summed E-state index contributed by atoms with van der Waals surface area (Å²) < 4.78 is 60.6. The first-order valence-corrected chi connectivity index (χ1v) is 10.1. The van der Waals surface area contributed by atoms with Crippen LogP contribution in [0.2, 0.25) is 0 Å². The van der Waals surface area contributed by atoms with E-state index in [1.807, 2.05) is 0 Å². The van der Waals surface area contributed by atoms with Crippen LogP contribution < -0.4 is 14.8 Å². The molecule has 0 atom stereocenters. The monoisotopic (exact) mass is 466 g/mol. The van der Waals surface area contributed by atoms with E-state index in [0.29, 0.717) is 60.5 Å². The summed E-state index contributed by atoms with van der Waals surface area (Å²) in [5, 5.41) is 3.69. The highest BCUT2D eigenvalue weighted by molar-refractivity contribution is 5.91. The summed E-state index contributed by atoms with van der Waals surface area (Å²) in [5.41, 5.74) is -0.129. The molecule has 0 aliphatic rings. The van der Waals surface area contributed by atoms with Gasteiger partial charge in [0.25, 0.3) is 0 Å². The number of pyridine rings is 1. The molecule has 0 aliphatic carbocycles. The van der Waals surface area contributed by atoms with Crippen molar-refractivity contribution in [2.24, 2.45) is 0 Å². The number of ether oxygens (including phenoxy) is 4. The minimum absolute atomic E-state index is 0.0431. The fourth-order valence-electron chi connectivity index (χ4n) is 2.99. The van der Waals surface area contributed by atoms with Crippen molar-refractivity contribution in [3.8, 4) is 11.5 Å². The minimum Gasteiger partial charge on any atom is -0.487 e. The number of nitrogens with zero attached hydrogens (tertiary/aromatic N) is 3. The van der Waals surface area contributed by atoms with Crippen LogP contribution in [0.4, 0.5) is 19.0 Å². The van der Waals surface area contributed by atoms with Crippen LogP contribution in [-0.2, 0) is 22.2 Å². The van der Waals surface area contributed by atoms with E-state index in [9.17, 15) is 13.2 Å². The maximum absolute atomic E-state index is 13.0. The van der Waals surface area contributed by atoms with Crippen LogP contribution in [0.3, 0.4) is 0 Å². The van der Waals surface area contributed by atoms with E-state index in [1.54, 1.807) is 33.3 Å². The third kappa shape index (κ3) is 6.65. The molecule has 0 amide bonds. The number of aryl methyl sites for hydroxylation is 1. The highest BCUT2D eigenvalue weighted by atomic mass is 19.4. The van der Waals surface area contributed by atoms with E-state index in [-0.39, 0.29) is 12.2 Å². The molecule has 1 aromatic carbocycles. The number of rotatable bonds is 11. The lowest BCUT2D eigenvalue weighted by molar-refractivity contribution is -0.141. The van der Waals surface area contributed by atoms with Crippen LogP contribution in [0.15, 0.2) is 30.3 Å². The van der Waals surface area contributed by atoms with Crippen LogP contribution >= 0.6 is 0 Å². The normalized spacial score (nSPS) is 11.6. The van der Waals surface area contributed by atoms with Crippen LogP contribution in [0.1, 0.15) is 17.2 Å². The molecule has 0 unspecified atom stereocenters. The Morgan fingerprint density at radius 2 is 1.55 bits per heavy atom. The number of anilines is 1. The molecule has 178 valence electrons. The van der Waals surface area contributed by atoms with Crippen molar-refractivity contribution in [3.05, 3.63) is 47.5 Å². The molecular weight excluding hydrogens is 441 g/mol. The van der Waals surface area contributed by atoms with Crippen LogP contribution in [-0.4, -0.2) is 55.6 Å². The summed E-state index contributed by atoms with van der Waals surface area (Å²) in [7, 11) is 3.15. The molecule has 33 heavy (non-hydrogen) atoms. The molecule has 1 N–H and O–H groups in total. The Kier molecular flexibility index (Phi) is 8.23. The first-order chi connectivity index (χ1) is 15.8. The average Bonchev–Trinajstić information content (AvgIpc) is 2.77. The summed E-state index contributed by atoms with van der Waals surface area (Å²) in [6.07, 6.45) is -4.51. The number of aromatic nitrogens is 3. The Morgan fingerprint density at radius 1 is 0.879 bits per heavy atom. The number of benzene rings is 1. The molecule has 11 heteroatoms. The van der Waals surface area contributed by atoms with E-state index < -0.39 is 11.9 Å². The SMILES string of the molecule is COCCOc1cc2nc(C)nc(NCc3cccc(C(F)(F)F)n3)c2cc1OCCOC. The molecular formula is C22H25F3N4O4. The molecule has 3 aromatic rings. The van der Waals surface area contributed by atoms with E-state index in [4.69, 9.17) is 18.9 Å².